The Morgan fingerprint density at radius 3 is 2.75 bits per heavy atom. The Hall–Kier alpha value is -0.590. The van der Waals surface area contributed by atoms with Gasteiger partial charge in [0.15, 0.2) is 5.78 Å². The zero-order valence-electron chi connectivity index (χ0n) is 8.10. The van der Waals surface area contributed by atoms with Gasteiger partial charge >= 0.3 is 0 Å². The van der Waals surface area contributed by atoms with E-state index in [9.17, 15) is 4.79 Å². The van der Waals surface area contributed by atoms with Crippen LogP contribution in [0.25, 0.3) is 0 Å². The molecule has 0 saturated carbocycles. The summed E-state index contributed by atoms with van der Waals surface area (Å²) in [6.07, 6.45) is 7.66. The van der Waals surface area contributed by atoms with Gasteiger partial charge in [-0.05, 0) is 25.8 Å². The van der Waals surface area contributed by atoms with Crippen molar-refractivity contribution in [2.75, 3.05) is 0 Å². The van der Waals surface area contributed by atoms with Crippen molar-refractivity contribution in [1.82, 2.24) is 0 Å². The lowest BCUT2D eigenvalue weighted by Gasteiger charge is -2.06. The van der Waals surface area contributed by atoms with Crippen LogP contribution < -0.4 is 0 Å². The van der Waals surface area contributed by atoms with E-state index in [2.05, 4.69) is 13.8 Å². The van der Waals surface area contributed by atoms with Crippen LogP contribution in [0.15, 0.2) is 11.6 Å². The molecule has 0 spiro atoms. The molecule has 0 bridgehead atoms. The maximum atomic E-state index is 11.3. The molecule has 0 fully saturated rings. The fourth-order valence-corrected chi connectivity index (χ4v) is 1.79. The number of allylic oxidation sites excluding steroid dienone is 2. The van der Waals surface area contributed by atoms with E-state index in [1.54, 1.807) is 0 Å². The lowest BCUT2D eigenvalue weighted by molar-refractivity contribution is -0.117. The molecule has 0 aromatic carbocycles. The summed E-state index contributed by atoms with van der Waals surface area (Å²) in [5.41, 5.74) is 1.27. The van der Waals surface area contributed by atoms with Crippen LogP contribution in [0.3, 0.4) is 0 Å². The van der Waals surface area contributed by atoms with Crippen LogP contribution in [-0.2, 0) is 4.79 Å². The molecule has 0 aromatic rings. The summed E-state index contributed by atoms with van der Waals surface area (Å²) in [5.74, 6) is 0.695. The van der Waals surface area contributed by atoms with Gasteiger partial charge in [0.1, 0.15) is 0 Å². The molecule has 1 nitrogen and oxygen atoms in total. The predicted octanol–water partition coefficient (Wildman–Crippen LogP) is 3.10. The molecule has 12 heavy (non-hydrogen) atoms. The minimum absolute atomic E-state index is 0.330. The van der Waals surface area contributed by atoms with Crippen molar-refractivity contribution in [1.29, 1.82) is 0 Å². The van der Waals surface area contributed by atoms with Crippen LogP contribution in [0.2, 0.25) is 0 Å². The number of hydrogen-bond donors (Lipinski definition) is 0. The molecule has 0 radical (unpaired) electrons. The first-order valence-corrected chi connectivity index (χ1v) is 4.95. The second-order valence-electron chi connectivity index (χ2n) is 3.79. The molecule has 0 N–H and O–H groups in total. The number of carbonyl (C=O) groups is 1. The van der Waals surface area contributed by atoms with Gasteiger partial charge in [-0.2, -0.15) is 0 Å². The van der Waals surface area contributed by atoms with Gasteiger partial charge in [0.25, 0.3) is 0 Å². The quantitative estimate of drug-likeness (QED) is 0.586. The number of ketones is 1. The fourth-order valence-electron chi connectivity index (χ4n) is 1.79. The predicted molar refractivity (Wildman–Crippen MR) is 51.0 cm³/mol. The molecule has 0 aromatic heterocycles. The average Bonchev–Trinajstić information content (AvgIpc) is 2.31. The lowest BCUT2D eigenvalue weighted by Crippen LogP contribution is -2.06. The molecule has 1 aliphatic carbocycles. The molecule has 0 heterocycles. The maximum absolute atomic E-state index is 11.3. The Balaban J connectivity index is 2.23. The Labute approximate surface area is 74.9 Å². The first-order chi connectivity index (χ1) is 5.74. The van der Waals surface area contributed by atoms with Crippen LogP contribution >= 0.6 is 0 Å². The van der Waals surface area contributed by atoms with Crippen molar-refractivity contribution in [3.05, 3.63) is 11.6 Å². The van der Waals surface area contributed by atoms with E-state index in [0.29, 0.717) is 11.7 Å². The highest BCUT2D eigenvalue weighted by atomic mass is 16.1. The van der Waals surface area contributed by atoms with Gasteiger partial charge < -0.3 is 0 Å². The summed E-state index contributed by atoms with van der Waals surface area (Å²) in [7, 11) is 0. The van der Waals surface area contributed by atoms with Crippen molar-refractivity contribution in [3.8, 4) is 0 Å². The van der Waals surface area contributed by atoms with Crippen molar-refractivity contribution >= 4 is 5.78 Å². The molecule has 1 unspecified atom stereocenters. The zero-order valence-corrected chi connectivity index (χ0v) is 8.10. The number of rotatable bonds is 4. The molecular weight excluding hydrogens is 148 g/mol. The first kappa shape index (κ1) is 9.50. The molecule has 0 aliphatic heterocycles. The van der Waals surface area contributed by atoms with Crippen LogP contribution in [0.1, 0.15) is 46.0 Å². The van der Waals surface area contributed by atoms with Crippen LogP contribution in [0.4, 0.5) is 0 Å². The maximum Gasteiger partial charge on any atom is 0.159 e. The van der Waals surface area contributed by atoms with E-state index in [1.807, 2.05) is 6.08 Å². The van der Waals surface area contributed by atoms with E-state index in [4.69, 9.17) is 0 Å². The molecule has 0 saturated heterocycles. The van der Waals surface area contributed by atoms with E-state index in [0.717, 1.165) is 12.8 Å². The average molecular weight is 166 g/mol. The summed E-state index contributed by atoms with van der Waals surface area (Å²) in [6, 6.07) is 0. The summed E-state index contributed by atoms with van der Waals surface area (Å²) in [4.78, 5) is 11.3. The monoisotopic (exact) mass is 166 g/mol. The van der Waals surface area contributed by atoms with Gasteiger partial charge in [0.2, 0.25) is 0 Å². The van der Waals surface area contributed by atoms with Crippen molar-refractivity contribution in [3.63, 3.8) is 0 Å². The Morgan fingerprint density at radius 1 is 1.50 bits per heavy atom. The van der Waals surface area contributed by atoms with E-state index < -0.39 is 0 Å². The highest BCUT2D eigenvalue weighted by Gasteiger charge is 2.21. The molecular formula is C11H18O. The van der Waals surface area contributed by atoms with Gasteiger partial charge in [-0.3, -0.25) is 4.79 Å². The van der Waals surface area contributed by atoms with Gasteiger partial charge in [-0.25, -0.2) is 0 Å². The van der Waals surface area contributed by atoms with Gasteiger partial charge in [-0.1, -0.05) is 31.8 Å². The smallest absolute Gasteiger partial charge is 0.159 e. The molecule has 1 heteroatoms. The largest absolute Gasteiger partial charge is 0.295 e. The van der Waals surface area contributed by atoms with Crippen LogP contribution in [0, 0.1) is 5.92 Å². The minimum Gasteiger partial charge on any atom is -0.295 e. The fraction of sp³-hybridized carbons (Fsp3) is 0.727. The van der Waals surface area contributed by atoms with Crippen LogP contribution in [-0.4, -0.2) is 5.78 Å². The molecule has 0 amide bonds. The summed E-state index contributed by atoms with van der Waals surface area (Å²) in [6.45, 7) is 4.25. The SMILES string of the molecule is CCCCCC1CC(C)=CC1=O. The zero-order chi connectivity index (χ0) is 8.97. The lowest BCUT2D eigenvalue weighted by atomic mass is 9.97. The number of unbranched alkanes of at least 4 members (excludes halogenated alkanes) is 2. The van der Waals surface area contributed by atoms with Crippen molar-refractivity contribution in [2.45, 2.75) is 46.0 Å². The highest BCUT2D eigenvalue weighted by Crippen LogP contribution is 2.25. The first-order valence-electron chi connectivity index (χ1n) is 4.95. The molecule has 1 atom stereocenters. The minimum atomic E-state index is 0.330. The Bertz CT molecular complexity index is 191. The standard InChI is InChI=1S/C11H18O/c1-3-4-5-6-10-7-9(2)8-11(10)12/h8,10H,3-7H2,1-2H3. The van der Waals surface area contributed by atoms with Crippen molar-refractivity contribution < 1.29 is 4.79 Å². The molecule has 68 valence electrons. The van der Waals surface area contributed by atoms with E-state index >= 15 is 0 Å². The van der Waals surface area contributed by atoms with Gasteiger partial charge in [-0.15, -0.1) is 0 Å². The summed E-state index contributed by atoms with van der Waals surface area (Å²) < 4.78 is 0. The second-order valence-corrected chi connectivity index (χ2v) is 3.79. The highest BCUT2D eigenvalue weighted by molar-refractivity contribution is 5.94. The number of carbonyl (C=O) groups excluding carboxylic acids is 1. The van der Waals surface area contributed by atoms with Gasteiger partial charge in [0, 0.05) is 5.92 Å². The van der Waals surface area contributed by atoms with Crippen molar-refractivity contribution in [2.24, 2.45) is 5.92 Å². The summed E-state index contributed by atoms with van der Waals surface area (Å²) >= 11 is 0. The third-order valence-corrected chi connectivity index (χ3v) is 2.52. The molecule has 1 aliphatic rings. The normalized spacial score (nSPS) is 23.0. The summed E-state index contributed by atoms with van der Waals surface area (Å²) in [5, 5.41) is 0. The number of hydrogen-bond acceptors (Lipinski definition) is 1. The van der Waals surface area contributed by atoms with E-state index in [-0.39, 0.29) is 0 Å². The van der Waals surface area contributed by atoms with E-state index in [1.165, 1.54) is 24.8 Å². The third-order valence-electron chi connectivity index (χ3n) is 2.52. The Morgan fingerprint density at radius 2 is 2.25 bits per heavy atom. The second kappa shape index (κ2) is 4.44. The topological polar surface area (TPSA) is 17.1 Å². The molecule has 1 rings (SSSR count). The Kier molecular flexibility index (Phi) is 3.51. The van der Waals surface area contributed by atoms with Gasteiger partial charge in [0.05, 0.1) is 0 Å². The van der Waals surface area contributed by atoms with Crippen LogP contribution in [0.5, 0.6) is 0 Å². The third kappa shape index (κ3) is 2.47.